The van der Waals surface area contributed by atoms with Gasteiger partial charge in [-0.2, -0.15) is 4.31 Å². The van der Waals surface area contributed by atoms with Crippen molar-refractivity contribution in [2.24, 2.45) is 5.92 Å². The number of methoxy groups -OCH3 is 1. The lowest BCUT2D eigenvalue weighted by Crippen LogP contribution is -2.46. The summed E-state index contributed by atoms with van der Waals surface area (Å²) in [5.74, 6) is 0.114. The molecule has 4 rings (SSSR count). The zero-order valence-corrected chi connectivity index (χ0v) is 21.3. The molecular formula is C25H29ClN4O4S. The lowest BCUT2D eigenvalue weighted by molar-refractivity contribution is -0.125. The fourth-order valence-electron chi connectivity index (χ4n) is 4.34. The smallest absolute Gasteiger partial charge is 0.243 e. The quantitative estimate of drug-likeness (QED) is 0.441. The lowest BCUT2D eigenvalue weighted by atomic mass is 9.99. The van der Waals surface area contributed by atoms with E-state index in [1.807, 2.05) is 25.1 Å². The van der Waals surface area contributed by atoms with Gasteiger partial charge in [-0.3, -0.25) is 9.78 Å². The van der Waals surface area contributed by atoms with E-state index in [4.69, 9.17) is 16.3 Å². The molecule has 1 aromatic heterocycles. The molecule has 1 unspecified atom stereocenters. The molecule has 10 heteroatoms. The van der Waals surface area contributed by atoms with E-state index in [2.05, 4.69) is 15.6 Å². The summed E-state index contributed by atoms with van der Waals surface area (Å²) in [6, 6.07) is 12.2. The number of sulfonamides is 1. The van der Waals surface area contributed by atoms with Crippen LogP contribution in [-0.4, -0.2) is 56.9 Å². The number of pyridine rings is 1. The van der Waals surface area contributed by atoms with Crippen LogP contribution in [-0.2, 0) is 14.8 Å². The second-order valence-corrected chi connectivity index (χ2v) is 10.9. The highest BCUT2D eigenvalue weighted by atomic mass is 35.5. The van der Waals surface area contributed by atoms with E-state index in [-0.39, 0.29) is 23.3 Å². The Bertz CT molecular complexity index is 1330. The first kappa shape index (κ1) is 25.2. The van der Waals surface area contributed by atoms with Crippen LogP contribution in [0.1, 0.15) is 18.4 Å². The van der Waals surface area contributed by atoms with Crippen LogP contribution in [0.2, 0.25) is 5.02 Å². The number of hydrogen-bond donors (Lipinski definition) is 2. The molecule has 0 spiro atoms. The van der Waals surface area contributed by atoms with Gasteiger partial charge in [0.25, 0.3) is 0 Å². The molecule has 1 atom stereocenters. The summed E-state index contributed by atoms with van der Waals surface area (Å²) in [6.45, 7) is 3.31. The highest BCUT2D eigenvalue weighted by Gasteiger charge is 2.33. The molecule has 35 heavy (non-hydrogen) atoms. The standard InChI is InChI=1S/C25H29ClN4O4S/c1-17-14-20(6-8-24(17)34-2)35(32,33)30-13-3-4-18(16-30)25(31)29-12-11-28-22-9-10-27-23-15-19(26)5-7-21(22)23/h5-10,14-15,18H,3-4,11-13,16H2,1-2H3,(H,27,28)(H,29,31). The Morgan fingerprint density at radius 2 is 2.03 bits per heavy atom. The molecular weight excluding hydrogens is 488 g/mol. The summed E-state index contributed by atoms with van der Waals surface area (Å²) in [6.07, 6.45) is 3.00. The highest BCUT2D eigenvalue weighted by Crippen LogP contribution is 2.27. The van der Waals surface area contributed by atoms with E-state index in [9.17, 15) is 13.2 Å². The zero-order chi connectivity index (χ0) is 25.0. The van der Waals surface area contributed by atoms with Crippen LogP contribution >= 0.6 is 11.6 Å². The third-order valence-corrected chi connectivity index (χ3v) is 8.30. The molecule has 0 bridgehead atoms. The third kappa shape index (κ3) is 5.69. The van der Waals surface area contributed by atoms with Gasteiger partial charge in [0.2, 0.25) is 15.9 Å². The van der Waals surface area contributed by atoms with Gasteiger partial charge < -0.3 is 15.4 Å². The Morgan fingerprint density at radius 1 is 1.20 bits per heavy atom. The molecule has 1 amide bonds. The Hall–Kier alpha value is -2.88. The number of hydrogen-bond acceptors (Lipinski definition) is 6. The van der Waals surface area contributed by atoms with Crippen molar-refractivity contribution in [2.45, 2.75) is 24.7 Å². The molecule has 186 valence electrons. The van der Waals surface area contributed by atoms with Crippen LogP contribution in [0, 0.1) is 12.8 Å². The van der Waals surface area contributed by atoms with Gasteiger partial charge in [0.05, 0.1) is 23.4 Å². The van der Waals surface area contributed by atoms with Crippen molar-refractivity contribution in [3.8, 4) is 5.75 Å². The predicted octanol–water partition coefficient (Wildman–Crippen LogP) is 3.83. The van der Waals surface area contributed by atoms with E-state index < -0.39 is 10.0 Å². The van der Waals surface area contributed by atoms with Crippen molar-refractivity contribution in [2.75, 3.05) is 38.6 Å². The summed E-state index contributed by atoms with van der Waals surface area (Å²) >= 11 is 6.04. The Balaban J connectivity index is 1.33. The number of nitrogens with zero attached hydrogens (tertiary/aromatic N) is 2. The summed E-state index contributed by atoms with van der Waals surface area (Å²) in [4.78, 5) is 17.3. The van der Waals surface area contributed by atoms with Crippen molar-refractivity contribution in [1.82, 2.24) is 14.6 Å². The third-order valence-electron chi connectivity index (χ3n) is 6.20. The average Bonchev–Trinajstić information content (AvgIpc) is 2.86. The predicted molar refractivity (Wildman–Crippen MR) is 137 cm³/mol. The topological polar surface area (TPSA) is 101 Å². The van der Waals surface area contributed by atoms with E-state index >= 15 is 0 Å². The number of halogens is 1. The first-order valence-electron chi connectivity index (χ1n) is 11.5. The number of nitrogens with one attached hydrogen (secondary N) is 2. The van der Waals surface area contributed by atoms with Crippen molar-refractivity contribution in [1.29, 1.82) is 0 Å². The minimum Gasteiger partial charge on any atom is -0.496 e. The van der Waals surface area contributed by atoms with Crippen molar-refractivity contribution < 1.29 is 17.9 Å². The summed E-state index contributed by atoms with van der Waals surface area (Å²) < 4.78 is 33.0. The van der Waals surface area contributed by atoms with E-state index in [1.54, 1.807) is 37.6 Å². The number of fused-ring (bicyclic) bond motifs is 1. The number of aromatic nitrogens is 1. The van der Waals surface area contributed by atoms with Crippen LogP contribution < -0.4 is 15.4 Å². The average molecular weight is 517 g/mol. The molecule has 2 aromatic carbocycles. The maximum atomic E-state index is 13.2. The minimum atomic E-state index is -3.69. The summed E-state index contributed by atoms with van der Waals surface area (Å²) in [5.41, 5.74) is 2.45. The maximum absolute atomic E-state index is 13.2. The minimum absolute atomic E-state index is 0.135. The van der Waals surface area contributed by atoms with Gasteiger partial charge in [-0.1, -0.05) is 11.6 Å². The van der Waals surface area contributed by atoms with Crippen molar-refractivity contribution in [3.63, 3.8) is 0 Å². The summed E-state index contributed by atoms with van der Waals surface area (Å²) in [5, 5.41) is 7.83. The Morgan fingerprint density at radius 3 is 2.80 bits per heavy atom. The monoisotopic (exact) mass is 516 g/mol. The normalized spacial score (nSPS) is 16.7. The number of carbonyl (C=O) groups is 1. The van der Waals surface area contributed by atoms with Gasteiger partial charge in [0.1, 0.15) is 5.75 Å². The number of benzene rings is 2. The maximum Gasteiger partial charge on any atom is 0.243 e. The van der Waals surface area contributed by atoms with Crippen LogP contribution in [0.15, 0.2) is 53.6 Å². The van der Waals surface area contributed by atoms with E-state index in [1.165, 1.54) is 4.31 Å². The van der Waals surface area contributed by atoms with Gasteiger partial charge in [-0.15, -0.1) is 0 Å². The number of aryl methyl sites for hydroxylation is 1. The van der Waals surface area contributed by atoms with Crippen LogP contribution in [0.3, 0.4) is 0 Å². The largest absolute Gasteiger partial charge is 0.496 e. The Kier molecular flexibility index (Phi) is 7.78. The molecule has 1 aliphatic heterocycles. The first-order valence-corrected chi connectivity index (χ1v) is 13.3. The SMILES string of the molecule is COc1ccc(S(=O)(=O)N2CCCC(C(=O)NCCNc3ccnc4cc(Cl)ccc34)C2)cc1C. The number of piperidine rings is 1. The summed E-state index contributed by atoms with van der Waals surface area (Å²) in [7, 11) is -2.14. The second-order valence-electron chi connectivity index (χ2n) is 8.57. The molecule has 1 saturated heterocycles. The van der Waals surface area contributed by atoms with E-state index in [0.717, 1.165) is 22.2 Å². The van der Waals surface area contributed by atoms with Gasteiger partial charge in [0, 0.05) is 48.5 Å². The molecule has 1 fully saturated rings. The van der Waals surface area contributed by atoms with Gasteiger partial charge in [-0.25, -0.2) is 8.42 Å². The van der Waals surface area contributed by atoms with Gasteiger partial charge in [0.15, 0.2) is 0 Å². The second kappa shape index (κ2) is 10.8. The van der Waals surface area contributed by atoms with Crippen LogP contribution in [0.25, 0.3) is 10.9 Å². The van der Waals surface area contributed by atoms with E-state index in [0.29, 0.717) is 43.2 Å². The van der Waals surface area contributed by atoms with Crippen molar-refractivity contribution >= 4 is 44.1 Å². The zero-order valence-electron chi connectivity index (χ0n) is 19.8. The molecule has 3 aromatic rings. The molecule has 0 radical (unpaired) electrons. The lowest BCUT2D eigenvalue weighted by Gasteiger charge is -2.31. The molecule has 0 aliphatic carbocycles. The fraction of sp³-hybridized carbons (Fsp3) is 0.360. The Labute approximate surface area is 210 Å². The molecule has 0 saturated carbocycles. The van der Waals surface area contributed by atoms with Crippen LogP contribution in [0.4, 0.5) is 5.69 Å². The van der Waals surface area contributed by atoms with Crippen LogP contribution in [0.5, 0.6) is 5.75 Å². The van der Waals surface area contributed by atoms with Gasteiger partial charge in [-0.05, 0) is 67.8 Å². The number of amides is 1. The number of carbonyl (C=O) groups excluding carboxylic acids is 1. The number of anilines is 1. The van der Waals surface area contributed by atoms with Crippen molar-refractivity contribution in [3.05, 3.63) is 59.2 Å². The highest BCUT2D eigenvalue weighted by molar-refractivity contribution is 7.89. The number of ether oxygens (including phenoxy) is 1. The molecule has 8 nitrogen and oxygen atoms in total. The molecule has 2 N–H and O–H groups in total. The fourth-order valence-corrected chi connectivity index (χ4v) is 6.11. The molecule has 2 heterocycles. The number of rotatable bonds is 8. The first-order chi connectivity index (χ1) is 16.8. The van der Waals surface area contributed by atoms with Gasteiger partial charge >= 0.3 is 0 Å². The molecule has 1 aliphatic rings.